The monoisotopic (exact) mass is 430 g/mol. The number of carbonyl (C=O) groups excluding carboxylic acids is 2. The van der Waals surface area contributed by atoms with Crippen LogP contribution in [0.25, 0.3) is 0 Å². The molecule has 0 radical (unpaired) electrons. The Morgan fingerprint density at radius 3 is 2.35 bits per heavy atom. The Morgan fingerprint density at radius 1 is 1.00 bits per heavy atom. The van der Waals surface area contributed by atoms with Crippen molar-refractivity contribution in [3.63, 3.8) is 0 Å². The van der Waals surface area contributed by atoms with Gasteiger partial charge in [0.2, 0.25) is 5.91 Å². The van der Waals surface area contributed by atoms with E-state index in [0.29, 0.717) is 46.0 Å². The highest BCUT2D eigenvalue weighted by Gasteiger charge is 2.41. The third kappa shape index (κ3) is 5.45. The maximum atomic E-state index is 13.0. The van der Waals surface area contributed by atoms with Crippen molar-refractivity contribution in [1.82, 2.24) is 9.80 Å². The largest absolute Gasteiger partial charge is 0.378 e. The van der Waals surface area contributed by atoms with E-state index in [1.165, 1.54) is 0 Å². The molecule has 1 aromatic rings. The average molecular weight is 431 g/mol. The molecular weight excluding hydrogens is 396 g/mol. The summed E-state index contributed by atoms with van der Waals surface area (Å²) in [6.45, 7) is 8.67. The number of rotatable bonds is 4. The molecular formula is C24H34N2O5. The van der Waals surface area contributed by atoms with Crippen LogP contribution in [0, 0.1) is 13.8 Å². The number of likely N-dealkylation sites (tertiary alicyclic amines) is 1. The number of hydrogen-bond acceptors (Lipinski definition) is 5. The van der Waals surface area contributed by atoms with Crippen LogP contribution in [0.4, 0.5) is 0 Å². The lowest BCUT2D eigenvalue weighted by Crippen LogP contribution is -2.52. The van der Waals surface area contributed by atoms with Crippen LogP contribution in [0.1, 0.15) is 47.2 Å². The minimum Gasteiger partial charge on any atom is -0.378 e. The topological polar surface area (TPSA) is 68.3 Å². The second kappa shape index (κ2) is 9.67. The van der Waals surface area contributed by atoms with Crippen molar-refractivity contribution < 1.29 is 23.8 Å². The maximum absolute atomic E-state index is 13.0. The van der Waals surface area contributed by atoms with E-state index < -0.39 is 0 Å². The summed E-state index contributed by atoms with van der Waals surface area (Å²) in [6.07, 6.45) is 3.24. The van der Waals surface area contributed by atoms with Gasteiger partial charge in [0.15, 0.2) is 0 Å². The van der Waals surface area contributed by atoms with Gasteiger partial charge in [0, 0.05) is 44.8 Å². The molecule has 7 nitrogen and oxygen atoms in total. The Labute approximate surface area is 184 Å². The second-order valence-electron chi connectivity index (χ2n) is 9.12. The molecule has 3 saturated heterocycles. The SMILES string of the molecule is Cc1cc(C)cc(C(=O)N2CCC3(CC2)CC(OCC(=O)N2CCOCC2)CCO3)c1. The van der Waals surface area contributed by atoms with Gasteiger partial charge in [0.1, 0.15) is 6.61 Å². The molecule has 0 bridgehead atoms. The molecule has 7 heteroatoms. The summed E-state index contributed by atoms with van der Waals surface area (Å²) in [7, 11) is 0. The van der Waals surface area contributed by atoms with E-state index in [0.717, 1.165) is 42.4 Å². The standard InChI is InChI=1S/C24H34N2O5/c1-18-13-19(2)15-20(14-18)23(28)26-6-4-24(5-7-26)16-21(3-10-31-24)30-17-22(27)25-8-11-29-12-9-25/h13-15,21H,3-12,16-17H2,1-2H3. The number of benzene rings is 1. The molecule has 1 aromatic carbocycles. The van der Waals surface area contributed by atoms with Gasteiger partial charge < -0.3 is 24.0 Å². The zero-order valence-electron chi connectivity index (χ0n) is 18.7. The van der Waals surface area contributed by atoms with Crippen molar-refractivity contribution in [3.8, 4) is 0 Å². The number of carbonyl (C=O) groups is 2. The predicted octanol–water partition coefficient (Wildman–Crippen LogP) is 2.33. The molecule has 3 aliphatic heterocycles. The summed E-state index contributed by atoms with van der Waals surface area (Å²) in [5.74, 6) is 0.138. The summed E-state index contributed by atoms with van der Waals surface area (Å²) in [5, 5.41) is 0. The van der Waals surface area contributed by atoms with Crippen LogP contribution in [-0.4, -0.2) is 85.9 Å². The summed E-state index contributed by atoms with van der Waals surface area (Å²) >= 11 is 0. The summed E-state index contributed by atoms with van der Waals surface area (Å²) in [6, 6.07) is 6.01. The van der Waals surface area contributed by atoms with Gasteiger partial charge in [-0.25, -0.2) is 0 Å². The second-order valence-corrected chi connectivity index (χ2v) is 9.12. The van der Waals surface area contributed by atoms with Crippen molar-refractivity contribution in [1.29, 1.82) is 0 Å². The first-order chi connectivity index (χ1) is 14.9. The third-order valence-corrected chi connectivity index (χ3v) is 6.68. The molecule has 1 unspecified atom stereocenters. The van der Waals surface area contributed by atoms with Crippen molar-refractivity contribution >= 4 is 11.8 Å². The van der Waals surface area contributed by atoms with E-state index in [1.54, 1.807) is 0 Å². The number of piperidine rings is 1. The number of amides is 2. The molecule has 1 atom stereocenters. The zero-order chi connectivity index (χ0) is 21.8. The molecule has 3 heterocycles. The van der Waals surface area contributed by atoms with Gasteiger partial charge >= 0.3 is 0 Å². The predicted molar refractivity (Wildman–Crippen MR) is 116 cm³/mol. The zero-order valence-corrected chi connectivity index (χ0v) is 18.7. The van der Waals surface area contributed by atoms with Crippen LogP contribution < -0.4 is 0 Å². The first kappa shape index (κ1) is 22.2. The van der Waals surface area contributed by atoms with E-state index >= 15 is 0 Å². The van der Waals surface area contributed by atoms with Crippen molar-refractivity contribution in [2.45, 2.75) is 51.2 Å². The Morgan fingerprint density at radius 2 is 1.68 bits per heavy atom. The van der Waals surface area contributed by atoms with Gasteiger partial charge in [-0.1, -0.05) is 17.2 Å². The number of nitrogens with zero attached hydrogens (tertiary/aromatic N) is 2. The first-order valence-electron chi connectivity index (χ1n) is 11.4. The molecule has 1 spiro atoms. The number of hydrogen-bond donors (Lipinski definition) is 0. The van der Waals surface area contributed by atoms with Crippen LogP contribution in [0.3, 0.4) is 0 Å². The van der Waals surface area contributed by atoms with E-state index in [1.807, 2.05) is 35.8 Å². The van der Waals surface area contributed by atoms with Gasteiger partial charge in [0.05, 0.1) is 24.9 Å². The minimum atomic E-state index is -0.246. The summed E-state index contributed by atoms with van der Waals surface area (Å²) in [4.78, 5) is 29.1. The Bertz CT molecular complexity index is 777. The lowest BCUT2D eigenvalue weighted by atomic mass is 9.83. The molecule has 4 rings (SSSR count). The first-order valence-corrected chi connectivity index (χ1v) is 11.4. The Hall–Kier alpha value is -1.96. The Balaban J connectivity index is 1.28. The lowest BCUT2D eigenvalue weighted by Gasteiger charge is -2.46. The van der Waals surface area contributed by atoms with Crippen molar-refractivity contribution in [2.24, 2.45) is 0 Å². The minimum absolute atomic E-state index is 0.0282. The van der Waals surface area contributed by atoms with Gasteiger partial charge in [-0.15, -0.1) is 0 Å². The fraction of sp³-hybridized carbons (Fsp3) is 0.667. The number of ether oxygens (including phenoxy) is 3. The van der Waals surface area contributed by atoms with E-state index in [2.05, 4.69) is 6.07 Å². The van der Waals surface area contributed by atoms with Gasteiger partial charge in [-0.05, 0) is 45.2 Å². The molecule has 31 heavy (non-hydrogen) atoms. The van der Waals surface area contributed by atoms with E-state index in [4.69, 9.17) is 14.2 Å². The smallest absolute Gasteiger partial charge is 0.253 e. The van der Waals surface area contributed by atoms with Crippen LogP contribution in [-0.2, 0) is 19.0 Å². The molecule has 0 N–H and O–H groups in total. The number of morpholine rings is 1. The Kier molecular flexibility index (Phi) is 6.94. The maximum Gasteiger partial charge on any atom is 0.253 e. The lowest BCUT2D eigenvalue weighted by molar-refractivity contribution is -0.163. The fourth-order valence-corrected chi connectivity index (χ4v) is 4.96. The van der Waals surface area contributed by atoms with Crippen molar-refractivity contribution in [3.05, 3.63) is 34.9 Å². The normalized spacial score (nSPS) is 23.7. The van der Waals surface area contributed by atoms with E-state index in [-0.39, 0.29) is 30.1 Å². The molecule has 0 saturated carbocycles. The summed E-state index contributed by atoms with van der Waals surface area (Å²) < 4.78 is 17.5. The molecule has 3 aliphatic rings. The van der Waals surface area contributed by atoms with Crippen LogP contribution in [0.5, 0.6) is 0 Å². The molecule has 0 aliphatic carbocycles. The quantitative estimate of drug-likeness (QED) is 0.734. The van der Waals surface area contributed by atoms with Crippen molar-refractivity contribution in [2.75, 3.05) is 52.6 Å². The van der Waals surface area contributed by atoms with Gasteiger partial charge in [-0.3, -0.25) is 9.59 Å². The van der Waals surface area contributed by atoms with Gasteiger partial charge in [-0.2, -0.15) is 0 Å². The fourth-order valence-electron chi connectivity index (χ4n) is 4.96. The molecule has 170 valence electrons. The van der Waals surface area contributed by atoms with Crippen LogP contribution >= 0.6 is 0 Å². The van der Waals surface area contributed by atoms with Crippen LogP contribution in [0.15, 0.2) is 18.2 Å². The number of aryl methyl sites for hydroxylation is 2. The molecule has 3 fully saturated rings. The highest BCUT2D eigenvalue weighted by Crippen LogP contribution is 2.36. The van der Waals surface area contributed by atoms with Gasteiger partial charge in [0.25, 0.3) is 5.91 Å². The van der Waals surface area contributed by atoms with E-state index in [9.17, 15) is 9.59 Å². The average Bonchev–Trinajstić information content (AvgIpc) is 2.77. The van der Waals surface area contributed by atoms with Crippen LogP contribution in [0.2, 0.25) is 0 Å². The highest BCUT2D eigenvalue weighted by atomic mass is 16.5. The molecule has 2 amide bonds. The third-order valence-electron chi connectivity index (χ3n) is 6.68. The summed E-state index contributed by atoms with van der Waals surface area (Å²) in [5.41, 5.74) is 2.74. The molecule has 0 aromatic heterocycles. The highest BCUT2D eigenvalue weighted by molar-refractivity contribution is 5.94.